The lowest BCUT2D eigenvalue weighted by atomic mass is 9.91. The maximum atomic E-state index is 12.6. The number of rotatable bonds is 6. The number of nitrogens with zero attached hydrogens (tertiary/aromatic N) is 1. The Labute approximate surface area is 116 Å². The highest BCUT2D eigenvalue weighted by Gasteiger charge is 2.43. The third-order valence-electron chi connectivity index (χ3n) is 4.26. The van der Waals surface area contributed by atoms with E-state index in [0.717, 1.165) is 25.7 Å². The Morgan fingerprint density at radius 2 is 1.79 bits per heavy atom. The number of amides is 2. The molecule has 4 unspecified atom stereocenters. The van der Waals surface area contributed by atoms with Gasteiger partial charge in [0.2, 0.25) is 11.8 Å². The van der Waals surface area contributed by atoms with Crippen molar-refractivity contribution in [3.63, 3.8) is 0 Å². The first-order valence-electron chi connectivity index (χ1n) is 7.60. The van der Waals surface area contributed by atoms with Gasteiger partial charge in [0.15, 0.2) is 0 Å². The highest BCUT2D eigenvalue weighted by Crippen LogP contribution is 2.24. The van der Waals surface area contributed by atoms with E-state index in [1.807, 2.05) is 25.7 Å². The molecule has 1 fully saturated rings. The first-order chi connectivity index (χ1) is 8.97. The number of carbonyl (C=O) groups excluding carboxylic acids is 2. The van der Waals surface area contributed by atoms with E-state index in [1.54, 1.807) is 0 Å². The number of hydrogen-bond acceptors (Lipinski definition) is 2. The van der Waals surface area contributed by atoms with Crippen LogP contribution in [-0.4, -0.2) is 34.8 Å². The zero-order valence-electron chi connectivity index (χ0n) is 12.9. The molecule has 0 bridgehead atoms. The van der Waals surface area contributed by atoms with Crippen molar-refractivity contribution in [3.8, 4) is 0 Å². The fraction of sp³-hybridized carbons (Fsp3) is 0.867. The summed E-state index contributed by atoms with van der Waals surface area (Å²) in [6, 6.07) is -0.510. The lowest BCUT2D eigenvalue weighted by Gasteiger charge is -2.44. The summed E-state index contributed by atoms with van der Waals surface area (Å²) in [5.41, 5.74) is 0. The highest BCUT2D eigenvalue weighted by atomic mass is 16.2. The average molecular weight is 268 g/mol. The zero-order valence-corrected chi connectivity index (χ0v) is 12.9. The molecule has 0 aromatic carbocycles. The van der Waals surface area contributed by atoms with Crippen molar-refractivity contribution in [2.45, 2.75) is 78.4 Å². The van der Waals surface area contributed by atoms with E-state index < -0.39 is 0 Å². The van der Waals surface area contributed by atoms with Crippen LogP contribution in [0.15, 0.2) is 0 Å². The first-order valence-corrected chi connectivity index (χ1v) is 7.60. The van der Waals surface area contributed by atoms with Gasteiger partial charge in [-0.1, -0.05) is 40.5 Å². The van der Waals surface area contributed by atoms with Crippen LogP contribution in [0.25, 0.3) is 0 Å². The van der Waals surface area contributed by atoms with Gasteiger partial charge in [0.05, 0.1) is 0 Å². The molecule has 4 heteroatoms. The summed E-state index contributed by atoms with van der Waals surface area (Å²) in [7, 11) is 0. The maximum Gasteiger partial charge on any atom is 0.246 e. The lowest BCUT2D eigenvalue weighted by molar-refractivity contribution is -0.154. The summed E-state index contributed by atoms with van der Waals surface area (Å²) in [5.74, 6) is 0.314. The molecular formula is C15H28N2O2. The van der Waals surface area contributed by atoms with Gasteiger partial charge in [-0.2, -0.15) is 0 Å². The molecule has 1 aliphatic rings. The zero-order chi connectivity index (χ0) is 14.6. The van der Waals surface area contributed by atoms with Crippen LogP contribution in [0.1, 0.15) is 60.3 Å². The van der Waals surface area contributed by atoms with E-state index in [2.05, 4.69) is 19.2 Å². The number of hydrogen-bond donors (Lipinski definition) is 1. The van der Waals surface area contributed by atoms with E-state index in [9.17, 15) is 9.59 Å². The maximum absolute atomic E-state index is 12.6. The fourth-order valence-electron chi connectivity index (χ4n) is 2.69. The molecule has 110 valence electrons. The van der Waals surface area contributed by atoms with E-state index in [0.29, 0.717) is 0 Å². The second-order valence-corrected chi connectivity index (χ2v) is 5.68. The highest BCUT2D eigenvalue weighted by molar-refractivity contribution is 5.97. The Balaban J connectivity index is 3.03. The van der Waals surface area contributed by atoms with Gasteiger partial charge in [-0.05, 0) is 25.7 Å². The molecule has 1 rings (SSSR count). The van der Waals surface area contributed by atoms with Crippen molar-refractivity contribution < 1.29 is 9.59 Å². The van der Waals surface area contributed by atoms with Crippen molar-refractivity contribution >= 4 is 11.8 Å². The van der Waals surface area contributed by atoms with Crippen molar-refractivity contribution in [2.75, 3.05) is 0 Å². The molecule has 1 aliphatic heterocycles. The molecule has 19 heavy (non-hydrogen) atoms. The van der Waals surface area contributed by atoms with Crippen LogP contribution in [0.2, 0.25) is 0 Å². The topological polar surface area (TPSA) is 49.4 Å². The van der Waals surface area contributed by atoms with E-state index in [1.165, 1.54) is 0 Å². The van der Waals surface area contributed by atoms with Gasteiger partial charge < -0.3 is 10.2 Å². The normalized spacial score (nSPS) is 27.1. The minimum absolute atomic E-state index is 0.0210. The van der Waals surface area contributed by atoms with Gasteiger partial charge >= 0.3 is 0 Å². The van der Waals surface area contributed by atoms with Gasteiger partial charge in [0, 0.05) is 6.04 Å². The second kappa shape index (κ2) is 6.92. The molecule has 4 nitrogen and oxygen atoms in total. The van der Waals surface area contributed by atoms with Crippen molar-refractivity contribution in [2.24, 2.45) is 5.92 Å². The SMILES string of the molecule is CCCC1NC(=O)C(C(C)CC)N(C(C)CC)C1=O. The first kappa shape index (κ1) is 16.0. The number of carbonyl (C=O) groups is 2. The summed E-state index contributed by atoms with van der Waals surface area (Å²) in [4.78, 5) is 26.8. The Kier molecular flexibility index (Phi) is 5.83. The minimum atomic E-state index is -0.327. The lowest BCUT2D eigenvalue weighted by Crippen LogP contribution is -2.66. The van der Waals surface area contributed by atoms with Crippen LogP contribution in [0.3, 0.4) is 0 Å². The third-order valence-corrected chi connectivity index (χ3v) is 4.26. The number of nitrogens with one attached hydrogen (secondary N) is 1. The third kappa shape index (κ3) is 3.28. The van der Waals surface area contributed by atoms with E-state index in [-0.39, 0.29) is 35.9 Å². The summed E-state index contributed by atoms with van der Waals surface area (Å²) in [6.07, 6.45) is 3.41. The summed E-state index contributed by atoms with van der Waals surface area (Å²) in [5, 5.41) is 2.91. The van der Waals surface area contributed by atoms with Crippen LogP contribution in [0, 0.1) is 5.92 Å². The molecule has 1 saturated heterocycles. The average Bonchev–Trinajstić information content (AvgIpc) is 2.40. The Morgan fingerprint density at radius 3 is 2.26 bits per heavy atom. The fourth-order valence-corrected chi connectivity index (χ4v) is 2.69. The minimum Gasteiger partial charge on any atom is -0.342 e. The smallest absolute Gasteiger partial charge is 0.246 e. The van der Waals surface area contributed by atoms with E-state index >= 15 is 0 Å². The van der Waals surface area contributed by atoms with Crippen LogP contribution in [0.5, 0.6) is 0 Å². The Hall–Kier alpha value is -1.06. The molecule has 0 saturated carbocycles. The van der Waals surface area contributed by atoms with Crippen LogP contribution in [-0.2, 0) is 9.59 Å². The molecule has 0 aliphatic carbocycles. The van der Waals surface area contributed by atoms with Crippen LogP contribution < -0.4 is 5.32 Å². The summed E-state index contributed by atoms with van der Waals surface area (Å²) >= 11 is 0. The largest absolute Gasteiger partial charge is 0.342 e. The van der Waals surface area contributed by atoms with Gasteiger partial charge in [0.25, 0.3) is 0 Å². The molecule has 0 aromatic rings. The quantitative estimate of drug-likeness (QED) is 0.803. The molecule has 1 N–H and O–H groups in total. The molecule has 2 amide bonds. The molecule has 0 aromatic heterocycles. The molecule has 1 heterocycles. The van der Waals surface area contributed by atoms with Gasteiger partial charge in [-0.25, -0.2) is 0 Å². The van der Waals surface area contributed by atoms with E-state index in [4.69, 9.17) is 0 Å². The Morgan fingerprint density at radius 1 is 1.16 bits per heavy atom. The molecular weight excluding hydrogens is 240 g/mol. The van der Waals surface area contributed by atoms with Gasteiger partial charge in [-0.15, -0.1) is 0 Å². The molecule has 0 spiro atoms. The molecule has 0 radical (unpaired) electrons. The predicted octanol–water partition coefficient (Wildman–Crippen LogP) is 2.33. The van der Waals surface area contributed by atoms with Gasteiger partial charge in [0.1, 0.15) is 12.1 Å². The molecule has 4 atom stereocenters. The van der Waals surface area contributed by atoms with Crippen molar-refractivity contribution in [1.82, 2.24) is 10.2 Å². The van der Waals surface area contributed by atoms with Crippen LogP contribution in [0.4, 0.5) is 0 Å². The van der Waals surface area contributed by atoms with Crippen molar-refractivity contribution in [1.29, 1.82) is 0 Å². The standard InChI is InChI=1S/C15H28N2O2/c1-6-9-12-15(19)17(11(5)8-3)13(10(4)7-2)14(18)16-12/h10-13H,6-9H2,1-5H3,(H,16,18). The summed E-state index contributed by atoms with van der Waals surface area (Å²) in [6.45, 7) is 10.2. The summed E-state index contributed by atoms with van der Waals surface area (Å²) < 4.78 is 0. The van der Waals surface area contributed by atoms with Crippen LogP contribution >= 0.6 is 0 Å². The van der Waals surface area contributed by atoms with Gasteiger partial charge in [-0.3, -0.25) is 9.59 Å². The second-order valence-electron chi connectivity index (χ2n) is 5.68. The Bertz CT molecular complexity index is 330. The monoisotopic (exact) mass is 268 g/mol. The van der Waals surface area contributed by atoms with Crippen molar-refractivity contribution in [3.05, 3.63) is 0 Å². The predicted molar refractivity (Wildman–Crippen MR) is 76.7 cm³/mol. The number of piperazine rings is 1.